The average molecular weight is 259 g/mol. The number of piperidine rings is 1. The van der Waals surface area contributed by atoms with Crippen LogP contribution in [0.3, 0.4) is 0 Å². The standard InChI is InChI=1S/C15H21N3O/c19-15-7-4-11-9-12(5-6-14(11)18-15)17-10-13-3-1-2-8-16-13/h5-6,9,13,16-17H,1-4,7-8,10H2,(H,18,19). The number of hydrogen-bond acceptors (Lipinski definition) is 3. The topological polar surface area (TPSA) is 53.2 Å². The Morgan fingerprint density at radius 1 is 1.26 bits per heavy atom. The van der Waals surface area contributed by atoms with Gasteiger partial charge in [0.1, 0.15) is 0 Å². The Hall–Kier alpha value is -1.55. The van der Waals surface area contributed by atoms with E-state index in [0.29, 0.717) is 12.5 Å². The quantitative estimate of drug-likeness (QED) is 0.779. The Morgan fingerprint density at radius 3 is 3.05 bits per heavy atom. The largest absolute Gasteiger partial charge is 0.383 e. The van der Waals surface area contributed by atoms with Gasteiger partial charge in [0.15, 0.2) is 0 Å². The number of carbonyl (C=O) groups is 1. The van der Waals surface area contributed by atoms with Crippen LogP contribution < -0.4 is 16.0 Å². The third-order valence-electron chi connectivity index (χ3n) is 3.97. The van der Waals surface area contributed by atoms with Gasteiger partial charge in [0.2, 0.25) is 5.91 Å². The van der Waals surface area contributed by atoms with Crippen molar-refractivity contribution in [3.05, 3.63) is 23.8 Å². The third kappa shape index (κ3) is 3.07. The van der Waals surface area contributed by atoms with Crippen molar-refractivity contribution in [1.82, 2.24) is 5.32 Å². The normalized spacial score (nSPS) is 22.5. The fourth-order valence-corrected chi connectivity index (χ4v) is 2.83. The van der Waals surface area contributed by atoms with Crippen LogP contribution >= 0.6 is 0 Å². The molecule has 4 nitrogen and oxygen atoms in total. The number of fused-ring (bicyclic) bond motifs is 1. The van der Waals surface area contributed by atoms with Gasteiger partial charge in [0, 0.05) is 30.4 Å². The zero-order valence-corrected chi connectivity index (χ0v) is 11.2. The maximum Gasteiger partial charge on any atom is 0.224 e. The van der Waals surface area contributed by atoms with Crippen LogP contribution in [-0.2, 0) is 11.2 Å². The second-order valence-corrected chi connectivity index (χ2v) is 5.45. The maximum atomic E-state index is 11.3. The number of anilines is 2. The van der Waals surface area contributed by atoms with Crippen molar-refractivity contribution >= 4 is 17.3 Å². The van der Waals surface area contributed by atoms with E-state index in [0.717, 1.165) is 30.9 Å². The van der Waals surface area contributed by atoms with Gasteiger partial charge in [-0.25, -0.2) is 0 Å². The molecule has 2 aliphatic heterocycles. The minimum atomic E-state index is 0.125. The minimum Gasteiger partial charge on any atom is -0.383 e. The monoisotopic (exact) mass is 259 g/mol. The summed E-state index contributed by atoms with van der Waals surface area (Å²) < 4.78 is 0. The molecule has 1 unspecified atom stereocenters. The molecule has 102 valence electrons. The molecule has 1 amide bonds. The number of hydrogen-bond donors (Lipinski definition) is 3. The van der Waals surface area contributed by atoms with Crippen LogP contribution in [0.25, 0.3) is 0 Å². The molecule has 0 bridgehead atoms. The molecule has 0 saturated carbocycles. The Labute approximate surface area is 114 Å². The van der Waals surface area contributed by atoms with Crippen LogP contribution in [0.1, 0.15) is 31.2 Å². The number of nitrogens with one attached hydrogen (secondary N) is 3. The molecule has 0 aliphatic carbocycles. The predicted molar refractivity (Wildman–Crippen MR) is 77.5 cm³/mol. The van der Waals surface area contributed by atoms with Gasteiger partial charge >= 0.3 is 0 Å². The molecule has 1 aromatic carbocycles. The van der Waals surface area contributed by atoms with Gasteiger partial charge in [-0.2, -0.15) is 0 Å². The van der Waals surface area contributed by atoms with Gasteiger partial charge in [-0.3, -0.25) is 4.79 Å². The number of aryl methyl sites for hydroxylation is 1. The van der Waals surface area contributed by atoms with E-state index in [1.54, 1.807) is 0 Å². The van der Waals surface area contributed by atoms with E-state index in [2.05, 4.69) is 22.0 Å². The molecule has 4 heteroatoms. The van der Waals surface area contributed by atoms with Crippen LogP contribution in [0, 0.1) is 0 Å². The van der Waals surface area contributed by atoms with Crippen LogP contribution in [0.5, 0.6) is 0 Å². The summed E-state index contributed by atoms with van der Waals surface area (Å²) in [6.07, 6.45) is 5.33. The SMILES string of the molecule is O=C1CCc2cc(NCC3CCCCN3)ccc2N1. The van der Waals surface area contributed by atoms with Gasteiger partial charge in [-0.15, -0.1) is 0 Å². The summed E-state index contributed by atoms with van der Waals surface area (Å²) >= 11 is 0. The first-order chi connectivity index (χ1) is 9.31. The van der Waals surface area contributed by atoms with E-state index in [1.807, 2.05) is 12.1 Å². The molecule has 3 rings (SSSR count). The van der Waals surface area contributed by atoms with Crippen LogP contribution in [0.15, 0.2) is 18.2 Å². The molecule has 3 N–H and O–H groups in total. The van der Waals surface area contributed by atoms with Gasteiger partial charge in [0.25, 0.3) is 0 Å². The molecule has 1 aromatic rings. The van der Waals surface area contributed by atoms with Gasteiger partial charge in [0.05, 0.1) is 0 Å². The van der Waals surface area contributed by atoms with Crippen LogP contribution in [0.2, 0.25) is 0 Å². The molecule has 0 radical (unpaired) electrons. The Kier molecular flexibility index (Phi) is 3.69. The summed E-state index contributed by atoms with van der Waals surface area (Å²) in [5, 5.41) is 9.95. The van der Waals surface area contributed by atoms with E-state index < -0.39 is 0 Å². The zero-order valence-electron chi connectivity index (χ0n) is 11.2. The molecule has 0 aromatic heterocycles. The summed E-state index contributed by atoms with van der Waals surface area (Å²) in [6, 6.07) is 6.80. The second kappa shape index (κ2) is 5.61. The maximum absolute atomic E-state index is 11.3. The molecule has 2 aliphatic rings. The highest BCUT2D eigenvalue weighted by Gasteiger charge is 2.15. The van der Waals surface area contributed by atoms with Gasteiger partial charge < -0.3 is 16.0 Å². The average Bonchev–Trinajstić information content (AvgIpc) is 2.46. The lowest BCUT2D eigenvalue weighted by molar-refractivity contribution is -0.116. The molecule has 2 heterocycles. The van der Waals surface area contributed by atoms with Crippen LogP contribution in [0.4, 0.5) is 11.4 Å². The fourth-order valence-electron chi connectivity index (χ4n) is 2.83. The van der Waals surface area contributed by atoms with Gasteiger partial charge in [-0.05, 0) is 49.6 Å². The van der Waals surface area contributed by atoms with Crippen molar-refractivity contribution in [2.24, 2.45) is 0 Å². The molecule has 0 spiro atoms. The third-order valence-corrected chi connectivity index (χ3v) is 3.97. The van der Waals surface area contributed by atoms with E-state index in [9.17, 15) is 4.79 Å². The summed E-state index contributed by atoms with van der Waals surface area (Å²) in [7, 11) is 0. The number of rotatable bonds is 3. The van der Waals surface area contributed by atoms with Crippen LogP contribution in [-0.4, -0.2) is 25.0 Å². The van der Waals surface area contributed by atoms with E-state index in [1.165, 1.54) is 24.8 Å². The highest BCUT2D eigenvalue weighted by atomic mass is 16.1. The molecule has 1 atom stereocenters. The van der Waals surface area contributed by atoms with Crippen molar-refractivity contribution in [3.63, 3.8) is 0 Å². The Morgan fingerprint density at radius 2 is 2.21 bits per heavy atom. The summed E-state index contributed by atoms with van der Waals surface area (Å²) in [6.45, 7) is 2.12. The summed E-state index contributed by atoms with van der Waals surface area (Å²) in [5.41, 5.74) is 3.36. The van der Waals surface area contributed by atoms with Gasteiger partial charge in [-0.1, -0.05) is 6.42 Å². The van der Waals surface area contributed by atoms with E-state index >= 15 is 0 Å². The second-order valence-electron chi connectivity index (χ2n) is 5.45. The zero-order chi connectivity index (χ0) is 13.1. The fraction of sp³-hybridized carbons (Fsp3) is 0.533. The molecular weight excluding hydrogens is 238 g/mol. The molecule has 1 fully saturated rings. The first-order valence-electron chi connectivity index (χ1n) is 7.21. The summed E-state index contributed by atoms with van der Waals surface area (Å²) in [4.78, 5) is 11.3. The smallest absolute Gasteiger partial charge is 0.224 e. The first-order valence-corrected chi connectivity index (χ1v) is 7.21. The highest BCUT2D eigenvalue weighted by molar-refractivity contribution is 5.94. The highest BCUT2D eigenvalue weighted by Crippen LogP contribution is 2.25. The van der Waals surface area contributed by atoms with E-state index in [4.69, 9.17) is 0 Å². The summed E-state index contributed by atoms with van der Waals surface area (Å²) in [5.74, 6) is 0.125. The van der Waals surface area contributed by atoms with E-state index in [-0.39, 0.29) is 5.91 Å². The Bertz CT molecular complexity index is 466. The first kappa shape index (κ1) is 12.5. The molecular formula is C15H21N3O. The lowest BCUT2D eigenvalue weighted by Gasteiger charge is -2.24. The van der Waals surface area contributed by atoms with Crippen molar-refractivity contribution < 1.29 is 4.79 Å². The number of benzene rings is 1. The number of amides is 1. The molecule has 1 saturated heterocycles. The minimum absolute atomic E-state index is 0.125. The number of carbonyl (C=O) groups excluding carboxylic acids is 1. The van der Waals surface area contributed by atoms with Crippen molar-refractivity contribution in [2.45, 2.75) is 38.1 Å². The van der Waals surface area contributed by atoms with Crippen molar-refractivity contribution in [3.8, 4) is 0 Å². The predicted octanol–water partition coefficient (Wildman–Crippen LogP) is 2.13. The van der Waals surface area contributed by atoms with Crippen molar-refractivity contribution in [2.75, 3.05) is 23.7 Å². The Balaban J connectivity index is 1.60. The van der Waals surface area contributed by atoms with Crippen molar-refractivity contribution in [1.29, 1.82) is 0 Å². The lowest BCUT2D eigenvalue weighted by Crippen LogP contribution is -2.39. The lowest BCUT2D eigenvalue weighted by atomic mass is 10.0. The molecule has 19 heavy (non-hydrogen) atoms.